The first kappa shape index (κ1) is 19.8. The maximum atomic E-state index is 12.9. The number of benzene rings is 2. The number of hydrogen-bond donors (Lipinski definition) is 1. The average Bonchev–Trinajstić information content (AvgIpc) is 2.64. The number of rotatable bonds is 5. The van der Waals surface area contributed by atoms with Crippen molar-refractivity contribution in [3.05, 3.63) is 54.6 Å². The van der Waals surface area contributed by atoms with Gasteiger partial charge in [0.05, 0.1) is 18.2 Å². The number of carbonyl (C=O) groups is 1. The van der Waals surface area contributed by atoms with Gasteiger partial charge in [-0.2, -0.15) is 13.2 Å². The Hall–Kier alpha value is -1.99. The predicted molar refractivity (Wildman–Crippen MR) is 101 cm³/mol. The second kappa shape index (κ2) is 8.80. The molecule has 1 aliphatic rings. The topological polar surface area (TPSA) is 32.3 Å². The predicted octanol–water partition coefficient (Wildman–Crippen LogP) is 5.05. The molecular formula is C20H21F3N2OS. The van der Waals surface area contributed by atoms with Crippen molar-refractivity contribution in [2.75, 3.05) is 25.0 Å². The lowest BCUT2D eigenvalue weighted by molar-refractivity contribution is -0.186. The lowest BCUT2D eigenvalue weighted by Crippen LogP contribution is -2.44. The van der Waals surface area contributed by atoms with E-state index in [-0.39, 0.29) is 25.4 Å². The Morgan fingerprint density at radius 2 is 1.81 bits per heavy atom. The molecule has 2 aromatic rings. The third-order valence-electron chi connectivity index (χ3n) is 4.47. The van der Waals surface area contributed by atoms with E-state index in [9.17, 15) is 18.0 Å². The monoisotopic (exact) mass is 394 g/mol. The number of hydrogen-bond acceptors (Lipinski definition) is 3. The third kappa shape index (κ3) is 5.74. The quantitative estimate of drug-likeness (QED) is 0.770. The molecule has 1 N–H and O–H groups in total. The maximum absolute atomic E-state index is 12.9. The van der Waals surface area contributed by atoms with Gasteiger partial charge in [0.2, 0.25) is 5.91 Å². The Kier molecular flexibility index (Phi) is 6.44. The number of likely N-dealkylation sites (tertiary alicyclic amines) is 1. The molecule has 27 heavy (non-hydrogen) atoms. The van der Waals surface area contributed by atoms with E-state index >= 15 is 0 Å². The van der Waals surface area contributed by atoms with Crippen LogP contribution in [0.3, 0.4) is 0 Å². The van der Waals surface area contributed by atoms with Crippen molar-refractivity contribution in [3.63, 3.8) is 0 Å². The molecule has 3 nitrogen and oxygen atoms in total. The first-order chi connectivity index (χ1) is 12.9. The van der Waals surface area contributed by atoms with Crippen molar-refractivity contribution in [2.45, 2.75) is 28.8 Å². The van der Waals surface area contributed by atoms with Crippen molar-refractivity contribution in [1.29, 1.82) is 0 Å². The van der Waals surface area contributed by atoms with Crippen LogP contribution in [0, 0.1) is 5.92 Å². The van der Waals surface area contributed by atoms with Crippen LogP contribution in [0.5, 0.6) is 0 Å². The van der Waals surface area contributed by atoms with Crippen molar-refractivity contribution in [3.8, 4) is 0 Å². The Morgan fingerprint density at radius 3 is 2.56 bits per heavy atom. The summed E-state index contributed by atoms with van der Waals surface area (Å²) in [4.78, 5) is 15.9. The summed E-state index contributed by atoms with van der Waals surface area (Å²) in [6.07, 6.45) is -3.61. The molecule has 0 saturated carbocycles. The van der Waals surface area contributed by atoms with Gasteiger partial charge in [0, 0.05) is 16.3 Å². The van der Waals surface area contributed by atoms with Crippen molar-refractivity contribution in [2.24, 2.45) is 5.92 Å². The number of carbonyl (C=O) groups excluding carboxylic acids is 1. The van der Waals surface area contributed by atoms with Crippen LogP contribution in [0.25, 0.3) is 0 Å². The SMILES string of the molecule is O=C(CN1CCC[C@H](C(F)(F)F)C1)Nc1ccccc1Sc1ccccc1. The van der Waals surface area contributed by atoms with Crippen LogP contribution in [-0.2, 0) is 4.79 Å². The molecule has 0 radical (unpaired) electrons. The first-order valence-electron chi connectivity index (χ1n) is 8.82. The number of anilines is 1. The van der Waals surface area contributed by atoms with Crippen LogP contribution < -0.4 is 5.32 Å². The van der Waals surface area contributed by atoms with E-state index in [1.165, 1.54) is 11.8 Å². The van der Waals surface area contributed by atoms with Crippen LogP contribution in [0.15, 0.2) is 64.4 Å². The van der Waals surface area contributed by atoms with Gasteiger partial charge in [-0.05, 0) is 43.7 Å². The molecule has 1 saturated heterocycles. The molecule has 1 atom stereocenters. The second-order valence-corrected chi connectivity index (χ2v) is 7.69. The fourth-order valence-corrected chi connectivity index (χ4v) is 4.06. The highest BCUT2D eigenvalue weighted by Crippen LogP contribution is 2.34. The zero-order valence-electron chi connectivity index (χ0n) is 14.7. The van der Waals surface area contributed by atoms with Gasteiger partial charge in [-0.1, -0.05) is 42.1 Å². The van der Waals surface area contributed by atoms with Crippen LogP contribution in [0.2, 0.25) is 0 Å². The van der Waals surface area contributed by atoms with Crippen LogP contribution in [0.4, 0.5) is 18.9 Å². The summed E-state index contributed by atoms with van der Waals surface area (Å²) in [5, 5.41) is 2.85. The van der Waals surface area contributed by atoms with Gasteiger partial charge >= 0.3 is 6.18 Å². The van der Waals surface area contributed by atoms with Gasteiger partial charge in [-0.25, -0.2) is 0 Å². The Morgan fingerprint density at radius 1 is 1.11 bits per heavy atom. The van der Waals surface area contributed by atoms with Crippen LogP contribution >= 0.6 is 11.8 Å². The molecule has 0 spiro atoms. The van der Waals surface area contributed by atoms with Crippen molar-refractivity contribution in [1.82, 2.24) is 4.90 Å². The van der Waals surface area contributed by atoms with E-state index in [0.29, 0.717) is 18.7 Å². The molecule has 3 rings (SSSR count). The number of halogens is 3. The molecule has 0 aromatic heterocycles. The molecular weight excluding hydrogens is 373 g/mol. The highest BCUT2D eigenvalue weighted by atomic mass is 32.2. The van der Waals surface area contributed by atoms with Gasteiger partial charge in [-0.15, -0.1) is 0 Å². The van der Waals surface area contributed by atoms with E-state index in [1.54, 1.807) is 11.0 Å². The zero-order valence-corrected chi connectivity index (χ0v) is 15.5. The molecule has 7 heteroatoms. The van der Waals surface area contributed by atoms with E-state index < -0.39 is 12.1 Å². The summed E-state index contributed by atoms with van der Waals surface area (Å²) in [5.41, 5.74) is 0.667. The summed E-state index contributed by atoms with van der Waals surface area (Å²) >= 11 is 1.53. The molecule has 0 bridgehead atoms. The van der Waals surface area contributed by atoms with Gasteiger partial charge in [0.15, 0.2) is 0 Å². The standard InChI is InChI=1S/C20H21F3N2OS/c21-20(22,23)15-7-6-12-25(13-15)14-19(26)24-17-10-4-5-11-18(17)27-16-8-2-1-3-9-16/h1-5,8-11,15H,6-7,12-14H2,(H,24,26)/t15-/m0/s1. The summed E-state index contributed by atoms with van der Waals surface area (Å²) in [6.45, 7) is 0.370. The molecule has 0 unspecified atom stereocenters. The number of nitrogens with one attached hydrogen (secondary N) is 1. The molecule has 1 amide bonds. The van der Waals surface area contributed by atoms with Crippen molar-refractivity contribution < 1.29 is 18.0 Å². The van der Waals surface area contributed by atoms with Crippen LogP contribution in [-0.4, -0.2) is 36.6 Å². The van der Waals surface area contributed by atoms with Gasteiger partial charge in [0.25, 0.3) is 0 Å². The second-order valence-electron chi connectivity index (χ2n) is 6.58. The average molecular weight is 394 g/mol. The van der Waals surface area contributed by atoms with E-state index in [2.05, 4.69) is 5.32 Å². The summed E-state index contributed by atoms with van der Waals surface area (Å²) in [5.74, 6) is -1.64. The fraction of sp³-hybridized carbons (Fsp3) is 0.350. The molecule has 144 valence electrons. The molecule has 1 heterocycles. The normalized spacial score (nSPS) is 18.3. The minimum Gasteiger partial charge on any atom is -0.324 e. The molecule has 1 fully saturated rings. The maximum Gasteiger partial charge on any atom is 0.393 e. The number of para-hydroxylation sites is 1. The van der Waals surface area contributed by atoms with Crippen LogP contribution in [0.1, 0.15) is 12.8 Å². The highest BCUT2D eigenvalue weighted by molar-refractivity contribution is 7.99. The summed E-state index contributed by atoms with van der Waals surface area (Å²) in [7, 11) is 0. The number of alkyl halides is 3. The number of piperidine rings is 1. The highest BCUT2D eigenvalue weighted by Gasteiger charge is 2.41. The summed E-state index contributed by atoms with van der Waals surface area (Å²) in [6, 6.07) is 17.2. The Labute approximate surface area is 160 Å². The third-order valence-corrected chi connectivity index (χ3v) is 5.55. The minimum absolute atomic E-state index is 0.0308. The van der Waals surface area contributed by atoms with E-state index in [0.717, 1.165) is 9.79 Å². The summed E-state index contributed by atoms with van der Waals surface area (Å²) < 4.78 is 38.8. The first-order valence-corrected chi connectivity index (χ1v) is 9.64. The van der Waals surface area contributed by atoms with Gasteiger partial charge in [0.1, 0.15) is 0 Å². The number of amides is 1. The smallest absolute Gasteiger partial charge is 0.324 e. The Bertz CT molecular complexity index is 767. The molecule has 0 aliphatic carbocycles. The number of nitrogens with zero attached hydrogens (tertiary/aromatic N) is 1. The van der Waals surface area contributed by atoms with Gasteiger partial charge in [-0.3, -0.25) is 9.69 Å². The minimum atomic E-state index is -4.20. The fourth-order valence-electron chi connectivity index (χ4n) is 3.13. The molecule has 2 aromatic carbocycles. The van der Waals surface area contributed by atoms with Gasteiger partial charge < -0.3 is 5.32 Å². The largest absolute Gasteiger partial charge is 0.393 e. The molecule has 1 aliphatic heterocycles. The van der Waals surface area contributed by atoms with E-state index in [4.69, 9.17) is 0 Å². The lowest BCUT2D eigenvalue weighted by atomic mass is 9.97. The van der Waals surface area contributed by atoms with E-state index in [1.807, 2.05) is 48.5 Å². The lowest BCUT2D eigenvalue weighted by Gasteiger charge is -2.33. The zero-order chi connectivity index (χ0) is 19.3. The Balaban J connectivity index is 1.61. The van der Waals surface area contributed by atoms with Crippen molar-refractivity contribution >= 4 is 23.4 Å².